The molecule has 2 heterocycles. The predicted molar refractivity (Wildman–Crippen MR) is 83.2 cm³/mol. The summed E-state index contributed by atoms with van der Waals surface area (Å²) >= 11 is 6.83. The zero-order chi connectivity index (χ0) is 14.5. The third-order valence-electron chi connectivity index (χ3n) is 3.05. The number of halogens is 1. The van der Waals surface area contributed by atoms with Crippen LogP contribution in [0.2, 0.25) is 0 Å². The van der Waals surface area contributed by atoms with Crippen molar-refractivity contribution in [3.8, 4) is 10.7 Å². The van der Waals surface area contributed by atoms with Gasteiger partial charge in [0.05, 0.1) is 4.88 Å². The topological polar surface area (TPSA) is 33.6 Å². The molecule has 0 aliphatic rings. The van der Waals surface area contributed by atoms with Crippen LogP contribution < -0.4 is 0 Å². The second-order valence-electron chi connectivity index (χ2n) is 5.65. The molecular formula is C14H14FN3S2. The number of fused-ring (bicyclic) bond motifs is 1. The van der Waals surface area contributed by atoms with Gasteiger partial charge in [-0.2, -0.15) is 5.10 Å². The fourth-order valence-electron chi connectivity index (χ4n) is 2.20. The Bertz CT molecular complexity index is 836. The summed E-state index contributed by atoms with van der Waals surface area (Å²) < 4.78 is 16.8. The number of benzene rings is 1. The van der Waals surface area contributed by atoms with Crippen LogP contribution >= 0.6 is 23.6 Å². The highest BCUT2D eigenvalue weighted by Gasteiger charge is 2.21. The lowest BCUT2D eigenvalue weighted by atomic mass is 10.1. The quantitative estimate of drug-likeness (QED) is 0.660. The first-order valence-electron chi connectivity index (χ1n) is 6.23. The van der Waals surface area contributed by atoms with Crippen LogP contribution in [0, 0.1) is 10.6 Å². The summed E-state index contributed by atoms with van der Waals surface area (Å²) in [5.41, 5.74) is -0.166. The number of H-pyrrole nitrogens is 1. The van der Waals surface area contributed by atoms with Gasteiger partial charge in [-0.15, -0.1) is 11.3 Å². The minimum absolute atomic E-state index is 0.166. The van der Waals surface area contributed by atoms with Gasteiger partial charge in [0.1, 0.15) is 5.82 Å². The lowest BCUT2D eigenvalue weighted by molar-refractivity contribution is 0.396. The normalized spacial score (nSPS) is 12.2. The molecule has 0 radical (unpaired) electrons. The molecule has 1 N–H and O–H groups in total. The van der Waals surface area contributed by atoms with Crippen molar-refractivity contribution in [2.45, 2.75) is 26.3 Å². The van der Waals surface area contributed by atoms with E-state index >= 15 is 0 Å². The van der Waals surface area contributed by atoms with Crippen LogP contribution in [0.15, 0.2) is 24.3 Å². The summed E-state index contributed by atoms with van der Waals surface area (Å²) in [6, 6.07) is 6.83. The third-order valence-corrected chi connectivity index (χ3v) is 4.41. The smallest absolute Gasteiger partial charge is 0.195 e. The van der Waals surface area contributed by atoms with E-state index < -0.39 is 0 Å². The van der Waals surface area contributed by atoms with Crippen molar-refractivity contribution in [3.63, 3.8) is 0 Å². The van der Waals surface area contributed by atoms with E-state index in [1.807, 2.05) is 10.6 Å². The van der Waals surface area contributed by atoms with E-state index in [1.165, 1.54) is 17.4 Å². The van der Waals surface area contributed by atoms with Crippen molar-refractivity contribution in [1.82, 2.24) is 14.8 Å². The summed E-state index contributed by atoms with van der Waals surface area (Å²) in [5, 5.41) is 8.19. The number of aromatic nitrogens is 3. The Morgan fingerprint density at radius 1 is 1.30 bits per heavy atom. The van der Waals surface area contributed by atoms with E-state index in [0.717, 1.165) is 20.8 Å². The second-order valence-corrected chi connectivity index (χ2v) is 7.12. The van der Waals surface area contributed by atoms with E-state index in [1.54, 1.807) is 12.1 Å². The van der Waals surface area contributed by atoms with Crippen molar-refractivity contribution in [3.05, 3.63) is 34.9 Å². The van der Waals surface area contributed by atoms with Crippen molar-refractivity contribution in [2.75, 3.05) is 0 Å². The zero-order valence-electron chi connectivity index (χ0n) is 11.4. The van der Waals surface area contributed by atoms with Gasteiger partial charge in [-0.1, -0.05) is 6.07 Å². The standard InChI is InChI=1S/C14H14FN3S2/c1-14(2,3)18-12(16-17-13(18)19)11-6-8-4-5-9(15)7-10(8)20-11/h4-7H,1-3H3,(H,17,19). The number of hydrogen-bond donors (Lipinski definition) is 1. The van der Waals surface area contributed by atoms with Gasteiger partial charge >= 0.3 is 0 Å². The Hall–Kier alpha value is -1.53. The van der Waals surface area contributed by atoms with Crippen LogP contribution in [0.5, 0.6) is 0 Å². The van der Waals surface area contributed by atoms with Gasteiger partial charge in [0, 0.05) is 10.2 Å². The second kappa shape index (κ2) is 4.49. The summed E-state index contributed by atoms with van der Waals surface area (Å²) in [5.74, 6) is 0.574. The lowest BCUT2D eigenvalue weighted by Gasteiger charge is -2.21. The molecule has 0 atom stereocenters. The monoisotopic (exact) mass is 307 g/mol. The van der Waals surface area contributed by atoms with Crippen LogP contribution in [0.25, 0.3) is 20.8 Å². The number of nitrogens with one attached hydrogen (secondary N) is 1. The van der Waals surface area contributed by atoms with Gasteiger partial charge in [0.15, 0.2) is 10.6 Å². The molecule has 3 aromatic rings. The molecule has 0 bridgehead atoms. The third kappa shape index (κ3) is 2.19. The van der Waals surface area contributed by atoms with Gasteiger partial charge < -0.3 is 0 Å². The van der Waals surface area contributed by atoms with Gasteiger partial charge in [0.25, 0.3) is 0 Å². The highest BCUT2D eigenvalue weighted by Crippen LogP contribution is 2.34. The van der Waals surface area contributed by atoms with Crippen molar-refractivity contribution < 1.29 is 4.39 Å². The van der Waals surface area contributed by atoms with E-state index in [-0.39, 0.29) is 11.4 Å². The molecule has 6 heteroatoms. The Balaban J connectivity index is 2.24. The van der Waals surface area contributed by atoms with Crippen molar-refractivity contribution in [1.29, 1.82) is 0 Å². The van der Waals surface area contributed by atoms with E-state index in [2.05, 4.69) is 31.0 Å². The molecule has 0 spiro atoms. The van der Waals surface area contributed by atoms with Crippen LogP contribution in [-0.4, -0.2) is 14.8 Å². The summed E-state index contributed by atoms with van der Waals surface area (Å²) in [6.07, 6.45) is 0. The first-order chi connectivity index (χ1) is 9.36. The lowest BCUT2D eigenvalue weighted by Crippen LogP contribution is -2.22. The molecule has 104 valence electrons. The molecule has 0 saturated heterocycles. The van der Waals surface area contributed by atoms with Crippen LogP contribution in [0.4, 0.5) is 4.39 Å². The molecule has 0 aliphatic carbocycles. The molecular weight excluding hydrogens is 293 g/mol. The zero-order valence-corrected chi connectivity index (χ0v) is 13.0. The maximum absolute atomic E-state index is 13.3. The molecule has 1 aromatic carbocycles. The first kappa shape index (κ1) is 13.5. The minimum Gasteiger partial charge on any atom is -0.294 e. The number of thiophene rings is 1. The fraction of sp³-hybridized carbons (Fsp3) is 0.286. The largest absolute Gasteiger partial charge is 0.294 e. The van der Waals surface area contributed by atoms with Crippen LogP contribution in [0.1, 0.15) is 20.8 Å². The summed E-state index contributed by atoms with van der Waals surface area (Å²) in [6.45, 7) is 6.23. The Kier molecular flexibility index (Phi) is 3.02. The molecule has 0 aliphatic heterocycles. The van der Waals surface area contributed by atoms with E-state index in [4.69, 9.17) is 12.2 Å². The first-order valence-corrected chi connectivity index (χ1v) is 7.46. The molecule has 3 nitrogen and oxygen atoms in total. The SMILES string of the molecule is CC(C)(C)n1c(-c2cc3ccc(F)cc3s2)n[nH]c1=S. The minimum atomic E-state index is -0.222. The maximum atomic E-state index is 13.3. The average Bonchev–Trinajstić information content (AvgIpc) is 2.90. The number of nitrogens with zero attached hydrogens (tertiary/aromatic N) is 2. The molecule has 3 rings (SSSR count). The number of aromatic amines is 1. The Morgan fingerprint density at radius 3 is 2.75 bits per heavy atom. The number of rotatable bonds is 1. The average molecular weight is 307 g/mol. The van der Waals surface area contributed by atoms with Gasteiger partial charge in [-0.3, -0.25) is 9.67 Å². The highest BCUT2D eigenvalue weighted by atomic mass is 32.1. The summed E-state index contributed by atoms with van der Waals surface area (Å²) in [7, 11) is 0. The van der Waals surface area contributed by atoms with Gasteiger partial charge in [-0.05, 0) is 56.6 Å². The van der Waals surface area contributed by atoms with Gasteiger partial charge in [-0.25, -0.2) is 4.39 Å². The molecule has 2 aromatic heterocycles. The predicted octanol–water partition coefficient (Wildman–Crippen LogP) is 4.72. The van der Waals surface area contributed by atoms with E-state index in [9.17, 15) is 4.39 Å². The molecule has 0 unspecified atom stereocenters. The Morgan fingerprint density at radius 2 is 2.05 bits per heavy atom. The number of hydrogen-bond acceptors (Lipinski definition) is 3. The Labute approximate surface area is 125 Å². The molecule has 20 heavy (non-hydrogen) atoms. The molecule has 0 fully saturated rings. The van der Waals surface area contributed by atoms with E-state index in [0.29, 0.717) is 4.77 Å². The van der Waals surface area contributed by atoms with Gasteiger partial charge in [0.2, 0.25) is 0 Å². The fourth-order valence-corrected chi connectivity index (χ4v) is 3.67. The van der Waals surface area contributed by atoms with Crippen LogP contribution in [-0.2, 0) is 5.54 Å². The molecule has 0 amide bonds. The highest BCUT2D eigenvalue weighted by molar-refractivity contribution is 7.71. The maximum Gasteiger partial charge on any atom is 0.195 e. The van der Waals surface area contributed by atoms with Crippen molar-refractivity contribution in [2.24, 2.45) is 0 Å². The molecule has 0 saturated carbocycles. The van der Waals surface area contributed by atoms with Crippen molar-refractivity contribution >= 4 is 33.6 Å². The summed E-state index contributed by atoms with van der Waals surface area (Å²) in [4.78, 5) is 0.980. The van der Waals surface area contributed by atoms with Crippen LogP contribution in [0.3, 0.4) is 0 Å².